The van der Waals surface area contributed by atoms with E-state index in [0.29, 0.717) is 10.6 Å². The van der Waals surface area contributed by atoms with Gasteiger partial charge in [-0.2, -0.15) is 0 Å². The number of nitrogens with zero attached hydrogens (tertiary/aromatic N) is 1. The number of nitrogens with one attached hydrogen (secondary N) is 1. The van der Waals surface area contributed by atoms with Crippen LogP contribution in [0.2, 0.25) is 5.02 Å². The first-order chi connectivity index (χ1) is 9.65. The summed E-state index contributed by atoms with van der Waals surface area (Å²) in [4.78, 5) is 17.9. The summed E-state index contributed by atoms with van der Waals surface area (Å²) in [6.07, 6.45) is 4.75. The molecule has 0 spiro atoms. The zero-order chi connectivity index (χ0) is 14.1. The van der Waals surface area contributed by atoms with Crippen molar-refractivity contribution < 1.29 is 4.79 Å². The van der Waals surface area contributed by atoms with E-state index in [1.807, 2.05) is 6.92 Å². The Labute approximate surface area is 127 Å². The maximum atomic E-state index is 12.3. The molecule has 0 radical (unpaired) electrons. The topological polar surface area (TPSA) is 42.0 Å². The Morgan fingerprint density at radius 3 is 3.20 bits per heavy atom. The predicted octanol–water partition coefficient (Wildman–Crippen LogP) is 3.91. The van der Waals surface area contributed by atoms with Crippen LogP contribution in [0.1, 0.15) is 45.4 Å². The summed E-state index contributed by atoms with van der Waals surface area (Å²) < 4.78 is 0. The Morgan fingerprint density at radius 1 is 1.55 bits per heavy atom. The van der Waals surface area contributed by atoms with Crippen LogP contribution in [0, 0.1) is 6.92 Å². The normalized spacial score (nSPS) is 17.6. The van der Waals surface area contributed by atoms with E-state index < -0.39 is 0 Å². The van der Waals surface area contributed by atoms with Crippen LogP contribution >= 0.6 is 22.9 Å². The fraction of sp³-hybridized carbons (Fsp3) is 0.333. The molecule has 0 aliphatic heterocycles. The minimum absolute atomic E-state index is 0.0925. The third kappa shape index (κ3) is 2.58. The Hall–Kier alpha value is -1.39. The van der Waals surface area contributed by atoms with Crippen molar-refractivity contribution in [2.75, 3.05) is 0 Å². The molecule has 3 rings (SSSR count). The number of amides is 1. The lowest BCUT2D eigenvalue weighted by molar-refractivity contribution is 0.0932. The number of carbonyl (C=O) groups excluding carboxylic acids is 1. The molecule has 1 aliphatic carbocycles. The highest BCUT2D eigenvalue weighted by Gasteiger charge is 2.23. The molecule has 0 saturated heterocycles. The first kappa shape index (κ1) is 13.6. The number of hydrogen-bond donors (Lipinski definition) is 1. The number of aromatic nitrogens is 1. The standard InChI is InChI=1S/C15H15ClN2OS/c1-9-7-12(16)11(8-17-9)15(19)18-13-3-2-4-14-10(13)5-6-20-14/h5-8,13H,2-4H2,1H3,(H,18,19). The van der Waals surface area contributed by atoms with Crippen LogP contribution in [0.25, 0.3) is 0 Å². The largest absolute Gasteiger partial charge is 0.345 e. The first-order valence-corrected chi connectivity index (χ1v) is 7.90. The lowest BCUT2D eigenvalue weighted by Gasteiger charge is -2.23. The van der Waals surface area contributed by atoms with Gasteiger partial charge in [0, 0.05) is 16.8 Å². The Morgan fingerprint density at radius 2 is 2.40 bits per heavy atom. The van der Waals surface area contributed by atoms with E-state index in [1.54, 1.807) is 23.6 Å². The van der Waals surface area contributed by atoms with Gasteiger partial charge in [-0.3, -0.25) is 9.78 Å². The van der Waals surface area contributed by atoms with Crippen LogP contribution in [0.3, 0.4) is 0 Å². The molecule has 2 aromatic heterocycles. The number of rotatable bonds is 2. The van der Waals surface area contributed by atoms with Crippen molar-refractivity contribution in [2.45, 2.75) is 32.2 Å². The second-order valence-corrected chi connectivity index (χ2v) is 6.43. The molecule has 2 aromatic rings. The number of halogens is 1. The number of carbonyl (C=O) groups is 1. The highest BCUT2D eigenvalue weighted by atomic mass is 35.5. The van der Waals surface area contributed by atoms with Crippen LogP contribution in [0.15, 0.2) is 23.7 Å². The third-order valence-electron chi connectivity index (χ3n) is 3.59. The van der Waals surface area contributed by atoms with Crippen LogP contribution < -0.4 is 5.32 Å². The zero-order valence-corrected chi connectivity index (χ0v) is 12.7. The van der Waals surface area contributed by atoms with Gasteiger partial charge in [0.15, 0.2) is 0 Å². The molecule has 0 saturated carbocycles. The summed E-state index contributed by atoms with van der Waals surface area (Å²) in [6, 6.07) is 3.92. The van der Waals surface area contributed by atoms with Gasteiger partial charge in [-0.25, -0.2) is 0 Å². The fourth-order valence-electron chi connectivity index (χ4n) is 2.57. The Bertz CT molecular complexity index is 653. The van der Waals surface area contributed by atoms with E-state index >= 15 is 0 Å². The van der Waals surface area contributed by atoms with E-state index in [1.165, 1.54) is 10.4 Å². The van der Waals surface area contributed by atoms with E-state index in [-0.39, 0.29) is 11.9 Å². The average molecular weight is 307 g/mol. The molecule has 104 valence electrons. The van der Waals surface area contributed by atoms with Crippen LogP contribution in [0.4, 0.5) is 0 Å². The molecule has 0 bridgehead atoms. The van der Waals surface area contributed by atoms with Gasteiger partial charge in [-0.15, -0.1) is 11.3 Å². The molecule has 3 nitrogen and oxygen atoms in total. The molecule has 1 amide bonds. The molecule has 5 heteroatoms. The average Bonchev–Trinajstić information content (AvgIpc) is 2.87. The number of pyridine rings is 1. The van der Waals surface area contributed by atoms with Crippen molar-refractivity contribution in [3.63, 3.8) is 0 Å². The van der Waals surface area contributed by atoms with Crippen LogP contribution in [0.5, 0.6) is 0 Å². The van der Waals surface area contributed by atoms with Gasteiger partial charge in [0.1, 0.15) is 0 Å². The highest BCUT2D eigenvalue weighted by Crippen LogP contribution is 2.33. The predicted molar refractivity (Wildman–Crippen MR) is 81.4 cm³/mol. The molecular formula is C15H15ClN2OS. The summed E-state index contributed by atoms with van der Waals surface area (Å²) in [6.45, 7) is 1.85. The quantitative estimate of drug-likeness (QED) is 0.914. The minimum Gasteiger partial charge on any atom is -0.345 e. The highest BCUT2D eigenvalue weighted by molar-refractivity contribution is 7.10. The molecule has 2 heterocycles. The monoisotopic (exact) mass is 306 g/mol. The van der Waals surface area contributed by atoms with Crippen LogP contribution in [-0.4, -0.2) is 10.9 Å². The Balaban J connectivity index is 1.81. The lowest BCUT2D eigenvalue weighted by atomic mass is 9.94. The summed E-state index contributed by atoms with van der Waals surface area (Å²) in [5.74, 6) is -0.147. The molecule has 0 fully saturated rings. The van der Waals surface area contributed by atoms with E-state index in [0.717, 1.165) is 25.0 Å². The number of aryl methyl sites for hydroxylation is 2. The molecule has 1 unspecified atom stereocenters. The lowest BCUT2D eigenvalue weighted by Crippen LogP contribution is -2.30. The third-order valence-corrected chi connectivity index (χ3v) is 4.90. The fourth-order valence-corrected chi connectivity index (χ4v) is 3.85. The molecule has 0 aromatic carbocycles. The van der Waals surface area contributed by atoms with E-state index in [4.69, 9.17) is 11.6 Å². The molecule has 1 aliphatic rings. The van der Waals surface area contributed by atoms with Gasteiger partial charge < -0.3 is 5.32 Å². The maximum absolute atomic E-state index is 12.3. The first-order valence-electron chi connectivity index (χ1n) is 6.64. The van der Waals surface area contributed by atoms with Gasteiger partial charge in [-0.05, 0) is 49.3 Å². The van der Waals surface area contributed by atoms with Crippen molar-refractivity contribution in [2.24, 2.45) is 0 Å². The minimum atomic E-state index is -0.147. The maximum Gasteiger partial charge on any atom is 0.254 e. The van der Waals surface area contributed by atoms with E-state index in [9.17, 15) is 4.79 Å². The van der Waals surface area contributed by atoms with Gasteiger partial charge in [-0.1, -0.05) is 11.6 Å². The number of thiophene rings is 1. The van der Waals surface area contributed by atoms with Gasteiger partial charge in [0.05, 0.1) is 16.6 Å². The van der Waals surface area contributed by atoms with Crippen molar-refractivity contribution in [1.29, 1.82) is 0 Å². The smallest absolute Gasteiger partial charge is 0.254 e. The summed E-state index contributed by atoms with van der Waals surface area (Å²) in [7, 11) is 0. The number of fused-ring (bicyclic) bond motifs is 1. The van der Waals surface area contributed by atoms with Gasteiger partial charge >= 0.3 is 0 Å². The number of hydrogen-bond acceptors (Lipinski definition) is 3. The van der Waals surface area contributed by atoms with Crippen molar-refractivity contribution >= 4 is 28.8 Å². The second-order valence-electron chi connectivity index (χ2n) is 5.02. The molecular weight excluding hydrogens is 292 g/mol. The van der Waals surface area contributed by atoms with Crippen molar-refractivity contribution in [3.8, 4) is 0 Å². The summed E-state index contributed by atoms with van der Waals surface area (Å²) in [5, 5.41) is 5.63. The zero-order valence-electron chi connectivity index (χ0n) is 11.1. The second kappa shape index (κ2) is 5.54. The van der Waals surface area contributed by atoms with Gasteiger partial charge in [0.2, 0.25) is 0 Å². The summed E-state index contributed by atoms with van der Waals surface area (Å²) in [5.41, 5.74) is 2.51. The molecule has 1 atom stereocenters. The summed E-state index contributed by atoms with van der Waals surface area (Å²) >= 11 is 7.89. The SMILES string of the molecule is Cc1cc(Cl)c(C(=O)NC2CCCc3sccc32)cn1. The van der Waals surface area contributed by atoms with Gasteiger partial charge in [0.25, 0.3) is 5.91 Å². The Kier molecular flexibility index (Phi) is 3.76. The molecule has 1 N–H and O–H groups in total. The van der Waals surface area contributed by atoms with Crippen molar-refractivity contribution in [1.82, 2.24) is 10.3 Å². The molecule has 20 heavy (non-hydrogen) atoms. The van der Waals surface area contributed by atoms with Crippen LogP contribution in [-0.2, 0) is 6.42 Å². The van der Waals surface area contributed by atoms with E-state index in [2.05, 4.69) is 21.7 Å². The van der Waals surface area contributed by atoms with Crippen molar-refractivity contribution in [3.05, 3.63) is 50.4 Å².